The van der Waals surface area contributed by atoms with Crippen molar-refractivity contribution in [3.8, 4) is 17.6 Å². The molecule has 0 saturated carbocycles. The van der Waals surface area contributed by atoms with Crippen LogP contribution in [0.5, 0.6) is 11.5 Å². The molecule has 4 aromatic rings. The molecule has 0 unspecified atom stereocenters. The number of aromatic nitrogens is 1. The Balaban J connectivity index is 0.000000178. The summed E-state index contributed by atoms with van der Waals surface area (Å²) in [7, 11) is 3.22. The second kappa shape index (κ2) is 8.59. The van der Waals surface area contributed by atoms with Crippen LogP contribution >= 0.6 is 15.9 Å². The summed E-state index contributed by atoms with van der Waals surface area (Å²) in [6, 6.07) is 21.2. The van der Waals surface area contributed by atoms with E-state index in [0.717, 1.165) is 31.9 Å². The fraction of sp³-hybridized carbons (Fsp3) is 0.0909. The minimum Gasteiger partial charge on any atom is -0.497 e. The first-order valence-electron chi connectivity index (χ1n) is 8.43. The molecule has 0 radical (unpaired) electrons. The lowest BCUT2D eigenvalue weighted by atomic mass is 10.1. The second-order valence-electron chi connectivity index (χ2n) is 5.88. The number of pyridine rings is 1. The molecule has 5 nitrogen and oxygen atoms in total. The fourth-order valence-corrected chi connectivity index (χ4v) is 3.14. The lowest BCUT2D eigenvalue weighted by Gasteiger charge is -2.07. The van der Waals surface area contributed by atoms with E-state index >= 15 is 0 Å². The summed E-state index contributed by atoms with van der Waals surface area (Å²) >= 11 is 3.24. The van der Waals surface area contributed by atoms with Crippen LogP contribution in [0.25, 0.3) is 21.7 Å². The highest BCUT2D eigenvalue weighted by molar-refractivity contribution is 9.10. The zero-order valence-electron chi connectivity index (χ0n) is 15.4. The largest absolute Gasteiger partial charge is 0.497 e. The molecule has 0 aliphatic carbocycles. The number of ether oxygens (including phenoxy) is 2. The predicted molar refractivity (Wildman–Crippen MR) is 116 cm³/mol. The minimum absolute atomic E-state index is 0.539. The fourth-order valence-electron chi connectivity index (χ4n) is 2.80. The molecule has 28 heavy (non-hydrogen) atoms. The molecular weight excluding hydrogens is 418 g/mol. The van der Waals surface area contributed by atoms with Crippen molar-refractivity contribution in [1.29, 1.82) is 5.26 Å². The summed E-state index contributed by atoms with van der Waals surface area (Å²) in [5, 5.41) is 11.8. The highest BCUT2D eigenvalue weighted by Gasteiger charge is 2.06. The Morgan fingerprint density at radius 2 is 1.57 bits per heavy atom. The van der Waals surface area contributed by atoms with Crippen LogP contribution in [-0.4, -0.2) is 19.2 Å². The molecule has 0 aliphatic heterocycles. The van der Waals surface area contributed by atoms with Gasteiger partial charge < -0.3 is 15.2 Å². The number of fused-ring (bicyclic) bond motifs is 3. The van der Waals surface area contributed by atoms with Crippen LogP contribution in [0, 0.1) is 11.3 Å². The Hall–Kier alpha value is -3.30. The maximum absolute atomic E-state index is 8.60. The van der Waals surface area contributed by atoms with Crippen molar-refractivity contribution in [3.05, 3.63) is 70.7 Å². The van der Waals surface area contributed by atoms with Crippen molar-refractivity contribution in [2.45, 2.75) is 0 Å². The molecule has 0 bridgehead atoms. The Morgan fingerprint density at radius 3 is 2.29 bits per heavy atom. The summed E-state index contributed by atoms with van der Waals surface area (Å²) in [5.74, 6) is 2.03. The van der Waals surface area contributed by atoms with E-state index in [0.29, 0.717) is 17.1 Å². The average molecular weight is 436 g/mol. The Labute approximate surface area is 171 Å². The number of nitrogen functional groups attached to an aromatic ring is 1. The van der Waals surface area contributed by atoms with E-state index in [1.54, 1.807) is 32.4 Å². The van der Waals surface area contributed by atoms with Crippen molar-refractivity contribution < 1.29 is 9.47 Å². The molecule has 0 amide bonds. The summed E-state index contributed by atoms with van der Waals surface area (Å²) in [6.07, 6.45) is 0. The summed E-state index contributed by atoms with van der Waals surface area (Å²) in [6.45, 7) is 0. The van der Waals surface area contributed by atoms with Crippen molar-refractivity contribution in [1.82, 2.24) is 4.98 Å². The smallest absolute Gasteiger partial charge is 0.132 e. The van der Waals surface area contributed by atoms with E-state index in [2.05, 4.69) is 27.0 Å². The number of para-hydroxylation sites is 1. The number of rotatable bonds is 2. The first-order valence-corrected chi connectivity index (χ1v) is 9.22. The standard InChI is InChI=1S/C14H12N2O.C8H6BrNO/c1-17-9-6-7-10-11-4-2-3-5-13(11)16-14(15)12(10)8-9;1-11-7-2-3-8(9)6(4-7)5-10/h2-8H,1H3,(H2,15,16);2-4H,1H3. The Morgan fingerprint density at radius 1 is 0.893 bits per heavy atom. The van der Waals surface area contributed by atoms with Gasteiger partial charge in [0.2, 0.25) is 0 Å². The van der Waals surface area contributed by atoms with Gasteiger partial charge >= 0.3 is 0 Å². The van der Waals surface area contributed by atoms with E-state index in [-0.39, 0.29) is 0 Å². The van der Waals surface area contributed by atoms with Gasteiger partial charge in [0, 0.05) is 15.2 Å². The molecule has 0 fully saturated rings. The normalized spacial score (nSPS) is 10.1. The molecular formula is C22H18BrN3O2. The highest BCUT2D eigenvalue weighted by Crippen LogP contribution is 2.30. The molecule has 4 rings (SSSR count). The zero-order chi connectivity index (χ0) is 20.1. The number of anilines is 1. The minimum atomic E-state index is 0.539. The number of benzene rings is 3. The number of hydrogen-bond acceptors (Lipinski definition) is 5. The maximum atomic E-state index is 8.60. The van der Waals surface area contributed by atoms with Gasteiger partial charge in [0.25, 0.3) is 0 Å². The molecule has 0 spiro atoms. The predicted octanol–water partition coefficient (Wildman–Crippen LogP) is 5.31. The maximum Gasteiger partial charge on any atom is 0.132 e. The number of nitrogens with zero attached hydrogens (tertiary/aromatic N) is 2. The molecule has 1 heterocycles. The van der Waals surface area contributed by atoms with Gasteiger partial charge in [-0.05, 0) is 63.8 Å². The summed E-state index contributed by atoms with van der Waals surface area (Å²) < 4.78 is 10.9. The van der Waals surface area contributed by atoms with E-state index in [1.807, 2.05) is 42.5 Å². The van der Waals surface area contributed by atoms with Crippen LogP contribution < -0.4 is 15.2 Å². The van der Waals surface area contributed by atoms with Crippen molar-refractivity contribution in [3.63, 3.8) is 0 Å². The summed E-state index contributed by atoms with van der Waals surface area (Å²) in [4.78, 5) is 4.40. The SMILES string of the molecule is COc1ccc(Br)c(C#N)c1.COc1ccc2c(c1)c(N)nc1ccccc12. The molecule has 2 N–H and O–H groups in total. The van der Waals surface area contributed by atoms with Crippen LogP contribution in [0.1, 0.15) is 5.56 Å². The molecule has 0 aliphatic rings. The molecule has 3 aromatic carbocycles. The third-order valence-corrected chi connectivity index (χ3v) is 4.92. The van der Waals surface area contributed by atoms with Gasteiger partial charge in [0.15, 0.2) is 0 Å². The van der Waals surface area contributed by atoms with E-state index in [1.165, 1.54) is 0 Å². The van der Waals surface area contributed by atoms with Gasteiger partial charge in [-0.3, -0.25) is 0 Å². The van der Waals surface area contributed by atoms with Crippen molar-refractivity contribution in [2.75, 3.05) is 20.0 Å². The lowest BCUT2D eigenvalue weighted by molar-refractivity contribution is 0.414. The average Bonchev–Trinajstić information content (AvgIpc) is 2.74. The number of halogens is 1. The number of nitriles is 1. The van der Waals surface area contributed by atoms with Gasteiger partial charge in [0.05, 0.1) is 25.3 Å². The summed E-state index contributed by atoms with van der Waals surface area (Å²) in [5.41, 5.74) is 7.49. The van der Waals surface area contributed by atoms with E-state index < -0.39 is 0 Å². The van der Waals surface area contributed by atoms with Crippen LogP contribution in [0.3, 0.4) is 0 Å². The highest BCUT2D eigenvalue weighted by atomic mass is 79.9. The Kier molecular flexibility index (Phi) is 5.97. The van der Waals surface area contributed by atoms with Gasteiger partial charge in [0.1, 0.15) is 23.4 Å². The quantitative estimate of drug-likeness (QED) is 0.431. The van der Waals surface area contributed by atoms with E-state index in [4.69, 9.17) is 20.5 Å². The van der Waals surface area contributed by atoms with Gasteiger partial charge in [-0.25, -0.2) is 4.98 Å². The molecule has 0 saturated heterocycles. The first-order chi connectivity index (χ1) is 13.6. The molecule has 140 valence electrons. The lowest BCUT2D eigenvalue weighted by Crippen LogP contribution is -1.94. The number of nitrogens with two attached hydrogens (primary N) is 1. The van der Waals surface area contributed by atoms with Crippen LogP contribution in [0.2, 0.25) is 0 Å². The van der Waals surface area contributed by atoms with Gasteiger partial charge in [-0.2, -0.15) is 5.26 Å². The third-order valence-electron chi connectivity index (χ3n) is 4.23. The van der Waals surface area contributed by atoms with Gasteiger partial charge in [-0.15, -0.1) is 0 Å². The van der Waals surface area contributed by atoms with Crippen molar-refractivity contribution >= 4 is 43.4 Å². The third kappa shape index (κ3) is 4.00. The van der Waals surface area contributed by atoms with Crippen LogP contribution in [-0.2, 0) is 0 Å². The monoisotopic (exact) mass is 435 g/mol. The van der Waals surface area contributed by atoms with Crippen molar-refractivity contribution in [2.24, 2.45) is 0 Å². The molecule has 6 heteroatoms. The van der Waals surface area contributed by atoms with Crippen LogP contribution in [0.4, 0.5) is 5.82 Å². The van der Waals surface area contributed by atoms with Gasteiger partial charge in [-0.1, -0.05) is 18.2 Å². The van der Waals surface area contributed by atoms with E-state index in [9.17, 15) is 0 Å². The Bertz CT molecular complexity index is 1190. The topological polar surface area (TPSA) is 81.2 Å². The molecule has 1 aromatic heterocycles. The first kappa shape index (κ1) is 19.5. The zero-order valence-corrected chi connectivity index (χ0v) is 17.0. The molecule has 0 atom stereocenters. The number of methoxy groups -OCH3 is 2. The number of hydrogen-bond donors (Lipinski definition) is 1. The second-order valence-corrected chi connectivity index (χ2v) is 6.74. The van der Waals surface area contributed by atoms with Crippen LogP contribution in [0.15, 0.2) is 65.1 Å².